The maximum Gasteiger partial charge on any atom is 0.496 e. The molecule has 0 amide bonds. The maximum absolute atomic E-state index is 6.92. The highest BCUT2D eigenvalue weighted by Crippen LogP contribution is 2.28. The summed E-state index contributed by atoms with van der Waals surface area (Å²) in [4.78, 5) is 13.3. The third kappa shape index (κ3) is 3.06. The van der Waals surface area contributed by atoms with Gasteiger partial charge in [-0.3, -0.25) is 0 Å². The van der Waals surface area contributed by atoms with Gasteiger partial charge in [-0.15, -0.1) is 0 Å². The van der Waals surface area contributed by atoms with Crippen molar-refractivity contribution in [2.45, 2.75) is 37.6 Å². The molecule has 1 atom stereocenters. The summed E-state index contributed by atoms with van der Waals surface area (Å²) in [7, 11) is -3.41. The van der Waals surface area contributed by atoms with Crippen LogP contribution in [0.2, 0.25) is 5.54 Å². The minimum Gasteiger partial charge on any atom is -0.390 e. The minimum atomic E-state index is -3.41. The topological polar surface area (TPSA) is 60.7 Å². The fourth-order valence-electron chi connectivity index (χ4n) is 1.51. The van der Waals surface area contributed by atoms with Crippen LogP contribution in [0.25, 0.3) is 0 Å². The molecule has 4 heteroatoms. The van der Waals surface area contributed by atoms with Gasteiger partial charge in [-0.25, -0.2) is 0 Å². The molecule has 1 aliphatic rings. The number of hydrogen-bond acceptors (Lipinski definition) is 3. The summed E-state index contributed by atoms with van der Waals surface area (Å²) in [6, 6.07) is 0. The molecule has 1 unspecified atom stereocenters. The molecular weight excluding hydrogens is 172 g/mol. The molecule has 3 N–H and O–H groups in total. The second-order valence-electron chi connectivity index (χ2n) is 3.28. The quantitative estimate of drug-likeness (QED) is 0.458. The number of hydrogen-bond donors (Lipinski definition) is 3. The molecule has 1 rings (SSSR count). The van der Waals surface area contributed by atoms with Crippen LogP contribution in [0.4, 0.5) is 0 Å². The van der Waals surface area contributed by atoms with Crippen molar-refractivity contribution in [1.29, 1.82) is 4.29 Å². The molecule has 0 aromatic heterocycles. The Balaban J connectivity index is 2.68. The molecule has 0 saturated heterocycles. The van der Waals surface area contributed by atoms with Gasteiger partial charge >= 0.3 is 8.80 Å². The summed E-state index contributed by atoms with van der Waals surface area (Å²) in [5, 5.41) is 0. The Morgan fingerprint density at radius 2 is 1.92 bits per heavy atom. The average molecular weight is 194 g/mol. The lowest BCUT2D eigenvalue weighted by molar-refractivity contribution is 0.203. The molecule has 3 nitrogen and oxygen atoms in total. The normalized spacial score (nSPS) is 32.3. The van der Waals surface area contributed by atoms with Gasteiger partial charge in [0, 0.05) is 5.54 Å². The lowest BCUT2D eigenvalue weighted by Crippen LogP contribution is -2.40. The number of rotatable bonds is 4. The summed E-state index contributed by atoms with van der Waals surface area (Å²) < 4.78 is 20.8. The fourth-order valence-corrected chi connectivity index (χ4v) is 2.59. The Labute approximate surface area is 78.2 Å². The molecule has 0 saturated carbocycles. The van der Waals surface area contributed by atoms with E-state index in [4.69, 9.17) is 4.29 Å². The molecule has 12 heavy (non-hydrogen) atoms. The Kier molecular flexibility index (Phi) is 2.20. The minimum absolute atomic E-state index is 0.116. The van der Waals surface area contributed by atoms with Crippen LogP contribution in [0.15, 0.2) is 12.2 Å². The number of allylic oxidation sites excluding steroid dienone is 2. The van der Waals surface area contributed by atoms with E-state index in [1.165, 1.54) is 0 Å². The third-order valence-corrected chi connectivity index (χ3v) is 3.85. The zero-order valence-electron chi connectivity index (χ0n) is 9.99. The maximum atomic E-state index is 6.92. The van der Waals surface area contributed by atoms with E-state index < -0.39 is 8.80 Å². The second kappa shape index (κ2) is 4.18. The smallest absolute Gasteiger partial charge is 0.390 e. The molecule has 0 aromatic carbocycles. The van der Waals surface area contributed by atoms with Gasteiger partial charge in [0.1, 0.15) is 0 Å². The molecule has 0 bridgehead atoms. The van der Waals surface area contributed by atoms with Gasteiger partial charge in [0.05, 0.1) is 0 Å². The first-order chi connectivity index (χ1) is 7.29. The predicted octanol–water partition coefficient (Wildman–Crippen LogP) is 0.793. The molecular formula is C8H16O3Si. The molecule has 1 aliphatic carbocycles. The molecule has 0 fully saturated rings. The van der Waals surface area contributed by atoms with Crippen LogP contribution >= 0.6 is 0 Å². The van der Waals surface area contributed by atoms with Crippen LogP contribution < -0.4 is 0 Å². The van der Waals surface area contributed by atoms with Crippen molar-refractivity contribution in [3.63, 3.8) is 0 Å². The first-order valence-corrected chi connectivity index (χ1v) is 6.17. The van der Waals surface area contributed by atoms with E-state index in [2.05, 4.69) is 26.5 Å². The van der Waals surface area contributed by atoms with E-state index in [0.29, 0.717) is 0 Å². The van der Waals surface area contributed by atoms with Crippen molar-refractivity contribution in [3.05, 3.63) is 12.2 Å². The van der Waals surface area contributed by atoms with Gasteiger partial charge < -0.3 is 14.4 Å². The van der Waals surface area contributed by atoms with E-state index in [1.54, 1.807) is 0 Å². The van der Waals surface area contributed by atoms with Gasteiger partial charge in [-0.2, -0.15) is 0 Å². The highest BCUT2D eigenvalue weighted by atomic mass is 28.4. The lowest BCUT2D eigenvalue weighted by atomic mass is 10.1. The Morgan fingerprint density at radius 1 is 1.17 bits per heavy atom. The van der Waals surface area contributed by atoms with Crippen molar-refractivity contribution in [3.8, 4) is 0 Å². The van der Waals surface area contributed by atoms with Gasteiger partial charge in [-0.05, 0) is 32.1 Å². The zero-order valence-corrected chi connectivity index (χ0v) is 7.99. The van der Waals surface area contributed by atoms with Crippen molar-refractivity contribution in [1.82, 2.24) is 0 Å². The van der Waals surface area contributed by atoms with Crippen LogP contribution in [0.5, 0.6) is 0 Å². The van der Waals surface area contributed by atoms with E-state index in [0.717, 1.165) is 32.1 Å². The summed E-state index contributed by atoms with van der Waals surface area (Å²) in [6.07, 6.45) is 8.52. The monoisotopic (exact) mass is 194 g/mol. The first-order valence-electron chi connectivity index (χ1n) is 5.59. The van der Waals surface area contributed by atoms with E-state index in [9.17, 15) is 0 Å². The van der Waals surface area contributed by atoms with Gasteiger partial charge in [0.15, 0.2) is 4.29 Å². The summed E-state index contributed by atoms with van der Waals surface area (Å²) in [5.74, 6) is 0. The summed E-state index contributed by atoms with van der Waals surface area (Å²) in [5.41, 5.74) is -0.116. The first kappa shape index (κ1) is 6.31. The van der Waals surface area contributed by atoms with Crippen LogP contribution in [0.1, 0.15) is 32.1 Å². The summed E-state index contributed by atoms with van der Waals surface area (Å²) >= 11 is 0. The van der Waals surface area contributed by atoms with E-state index >= 15 is 0 Å². The molecule has 0 aromatic rings. The van der Waals surface area contributed by atoms with Crippen LogP contribution in [-0.2, 0) is 0 Å². The van der Waals surface area contributed by atoms with E-state index in [-0.39, 0.29) is 5.54 Å². The highest BCUT2D eigenvalue weighted by Gasteiger charge is 2.37. The van der Waals surface area contributed by atoms with Crippen LogP contribution in [0, 0.1) is 0 Å². The van der Waals surface area contributed by atoms with Crippen LogP contribution in [-0.4, -0.2) is 27.5 Å². The molecule has 0 radical (unpaired) electrons. The molecule has 0 aliphatic heterocycles. The zero-order chi connectivity index (χ0) is 11.1. The van der Waals surface area contributed by atoms with Crippen molar-refractivity contribution >= 4 is 8.80 Å². The van der Waals surface area contributed by atoms with E-state index in [1.807, 2.05) is 0 Å². The highest BCUT2D eigenvalue weighted by molar-refractivity contribution is 6.57. The Bertz CT molecular complexity index is 203. The fraction of sp³-hybridized carbons (Fsp3) is 0.750. The van der Waals surface area contributed by atoms with Gasteiger partial charge in [-0.1, -0.05) is 12.2 Å². The van der Waals surface area contributed by atoms with Crippen molar-refractivity contribution in [2.24, 2.45) is 0 Å². The third-order valence-electron chi connectivity index (χ3n) is 2.27. The van der Waals surface area contributed by atoms with Crippen LogP contribution in [0.3, 0.4) is 0 Å². The van der Waals surface area contributed by atoms with Gasteiger partial charge in [0.2, 0.25) is 0 Å². The van der Waals surface area contributed by atoms with Crippen molar-refractivity contribution < 1.29 is 14.4 Å². The largest absolute Gasteiger partial charge is 0.496 e. The lowest BCUT2D eigenvalue weighted by Gasteiger charge is -2.22. The Morgan fingerprint density at radius 3 is 2.67 bits per heavy atom. The summed E-state index contributed by atoms with van der Waals surface area (Å²) in [6.45, 7) is 0. The Hall–Kier alpha value is -0.163. The SMILES string of the molecule is [3H]O[Si](O[3H])(O[3H])C1CC/C=C\CCC1. The molecule has 0 heterocycles. The standard InChI is InChI=1S/C8H16O3Si/c9-12(10,11)8-6-4-2-1-3-5-7-8/h1-2,8-11H,3-7H2/b2-1-/i9T,10T,11T. The van der Waals surface area contributed by atoms with Crippen molar-refractivity contribution in [2.75, 3.05) is 0 Å². The van der Waals surface area contributed by atoms with Gasteiger partial charge in [0.25, 0.3) is 0 Å². The average Bonchev–Trinajstić information content (AvgIpc) is 2.23. The second-order valence-corrected chi connectivity index (χ2v) is 5.30. The predicted molar refractivity (Wildman–Crippen MR) is 48.4 cm³/mol. The molecule has 0 spiro atoms. The molecule has 70 valence electrons.